The summed E-state index contributed by atoms with van der Waals surface area (Å²) in [6.07, 6.45) is 5.50. The van der Waals surface area contributed by atoms with Crippen LogP contribution in [0, 0.1) is 12.8 Å². The van der Waals surface area contributed by atoms with Crippen LogP contribution in [0.3, 0.4) is 0 Å². The van der Waals surface area contributed by atoms with Crippen LogP contribution in [0.1, 0.15) is 46.6 Å². The molecule has 0 aliphatic carbocycles. The number of likely N-dealkylation sites (tertiary alicyclic amines) is 1. The molecule has 32 heavy (non-hydrogen) atoms. The van der Waals surface area contributed by atoms with Crippen molar-refractivity contribution in [3.8, 4) is 11.4 Å². The molecule has 1 amide bonds. The highest BCUT2D eigenvalue weighted by atomic mass is 32.2. The molecule has 5 heterocycles. The molecule has 166 valence electrons. The summed E-state index contributed by atoms with van der Waals surface area (Å²) in [6, 6.07) is 9.66. The van der Waals surface area contributed by atoms with Crippen molar-refractivity contribution in [2.75, 3.05) is 25.0 Å². The Hall–Kier alpha value is -2.87. The number of aromatic amines is 1. The first-order valence-corrected chi connectivity index (χ1v) is 12.2. The molecule has 2 aliphatic rings. The van der Waals surface area contributed by atoms with E-state index in [1.807, 2.05) is 60.1 Å². The average Bonchev–Trinajstić information content (AvgIpc) is 3.18. The van der Waals surface area contributed by atoms with Gasteiger partial charge in [-0.25, -0.2) is 0 Å². The smallest absolute Gasteiger partial charge is 0.255 e. The number of aromatic nitrogens is 4. The molecule has 3 aromatic heterocycles. The Balaban J connectivity index is 1.38. The normalized spacial score (nSPS) is 21.5. The molecule has 5 rings (SSSR count). The van der Waals surface area contributed by atoms with Crippen molar-refractivity contribution in [2.45, 2.75) is 37.2 Å². The summed E-state index contributed by atoms with van der Waals surface area (Å²) in [5, 5.41) is 12.2. The molecule has 0 saturated carbocycles. The quantitative estimate of drug-likeness (QED) is 0.621. The molecule has 0 bridgehead atoms. The van der Waals surface area contributed by atoms with Gasteiger partial charge in [0, 0.05) is 53.8 Å². The number of carbonyl (C=O) groups is 1. The lowest BCUT2D eigenvalue weighted by Gasteiger charge is -2.36. The van der Waals surface area contributed by atoms with Crippen molar-refractivity contribution in [1.82, 2.24) is 25.1 Å². The van der Waals surface area contributed by atoms with Gasteiger partial charge >= 0.3 is 0 Å². The van der Waals surface area contributed by atoms with Gasteiger partial charge in [0.15, 0.2) is 0 Å². The summed E-state index contributed by atoms with van der Waals surface area (Å²) >= 11 is 2.01. The van der Waals surface area contributed by atoms with Gasteiger partial charge in [-0.15, -0.1) is 11.8 Å². The van der Waals surface area contributed by atoms with Gasteiger partial charge in [-0.05, 0) is 49.9 Å². The maximum absolute atomic E-state index is 13.1. The number of aryl methyl sites for hydroxylation is 1. The van der Waals surface area contributed by atoms with E-state index in [-0.39, 0.29) is 5.91 Å². The Morgan fingerprint density at radius 1 is 1.12 bits per heavy atom. The summed E-state index contributed by atoms with van der Waals surface area (Å²) in [4.78, 5) is 23.9. The van der Waals surface area contributed by atoms with Crippen LogP contribution < -0.4 is 5.32 Å². The largest absolute Gasteiger partial charge is 0.369 e. The molecule has 0 radical (unpaired) electrons. The lowest BCUT2D eigenvalue weighted by atomic mass is 9.88. The minimum Gasteiger partial charge on any atom is -0.369 e. The molecule has 0 aromatic carbocycles. The van der Waals surface area contributed by atoms with Crippen LogP contribution >= 0.6 is 11.8 Å². The Labute approximate surface area is 192 Å². The second-order valence-electron chi connectivity index (χ2n) is 8.59. The molecule has 1 fully saturated rings. The Bertz CT molecular complexity index is 1090. The van der Waals surface area contributed by atoms with Gasteiger partial charge in [0.1, 0.15) is 11.5 Å². The van der Waals surface area contributed by atoms with Crippen LogP contribution in [0.15, 0.2) is 42.7 Å². The van der Waals surface area contributed by atoms with E-state index in [2.05, 4.69) is 32.4 Å². The van der Waals surface area contributed by atoms with Gasteiger partial charge < -0.3 is 10.2 Å². The molecule has 3 aromatic rings. The Kier molecular flexibility index (Phi) is 5.87. The van der Waals surface area contributed by atoms with Gasteiger partial charge in [-0.2, -0.15) is 5.10 Å². The molecule has 2 unspecified atom stereocenters. The zero-order chi connectivity index (χ0) is 22.1. The predicted molar refractivity (Wildman–Crippen MR) is 128 cm³/mol. The monoisotopic (exact) mass is 448 g/mol. The number of anilines is 1. The number of H-pyrrole nitrogens is 1. The highest BCUT2D eigenvalue weighted by Gasteiger charge is 2.37. The first-order valence-electron chi connectivity index (χ1n) is 11.2. The van der Waals surface area contributed by atoms with Gasteiger partial charge in [-0.3, -0.25) is 19.9 Å². The zero-order valence-corrected chi connectivity index (χ0v) is 19.2. The predicted octanol–water partition coefficient (Wildman–Crippen LogP) is 4.32. The molecule has 2 atom stereocenters. The van der Waals surface area contributed by atoms with Crippen LogP contribution in [0.25, 0.3) is 11.4 Å². The zero-order valence-electron chi connectivity index (χ0n) is 18.4. The summed E-state index contributed by atoms with van der Waals surface area (Å²) in [5.74, 6) is 1.58. The third-order valence-corrected chi connectivity index (χ3v) is 7.98. The van der Waals surface area contributed by atoms with Crippen molar-refractivity contribution in [3.63, 3.8) is 0 Å². The number of nitrogens with zero attached hydrogens (tertiary/aromatic N) is 4. The summed E-state index contributed by atoms with van der Waals surface area (Å²) in [7, 11) is 0. The van der Waals surface area contributed by atoms with Crippen molar-refractivity contribution in [2.24, 2.45) is 5.92 Å². The second kappa shape index (κ2) is 8.94. The Morgan fingerprint density at radius 2 is 1.94 bits per heavy atom. The lowest BCUT2D eigenvalue weighted by molar-refractivity contribution is 0.0688. The number of rotatable bonds is 3. The number of piperidine rings is 1. The lowest BCUT2D eigenvalue weighted by Crippen LogP contribution is -2.40. The van der Waals surface area contributed by atoms with Gasteiger partial charge in [0.2, 0.25) is 0 Å². The summed E-state index contributed by atoms with van der Waals surface area (Å²) < 4.78 is 0. The third kappa shape index (κ3) is 3.99. The first kappa shape index (κ1) is 21.0. The van der Waals surface area contributed by atoms with E-state index >= 15 is 0 Å². The molecule has 1 saturated heterocycles. The van der Waals surface area contributed by atoms with E-state index in [0.717, 1.165) is 55.4 Å². The highest BCUT2D eigenvalue weighted by molar-refractivity contribution is 8.00. The van der Waals surface area contributed by atoms with Gasteiger partial charge in [0.05, 0.1) is 11.3 Å². The molecule has 2 N–H and O–H groups in total. The molecular weight excluding hydrogens is 420 g/mol. The van der Waals surface area contributed by atoms with E-state index in [9.17, 15) is 4.79 Å². The number of hydrogen-bond acceptors (Lipinski definition) is 6. The van der Waals surface area contributed by atoms with E-state index < -0.39 is 0 Å². The third-order valence-electron chi connectivity index (χ3n) is 6.43. The number of fused-ring (bicyclic) bond motifs is 1. The molecule has 8 heteroatoms. The van der Waals surface area contributed by atoms with E-state index in [0.29, 0.717) is 22.0 Å². The average molecular weight is 449 g/mol. The van der Waals surface area contributed by atoms with Crippen molar-refractivity contribution >= 4 is 23.5 Å². The number of pyridine rings is 2. The van der Waals surface area contributed by atoms with Crippen LogP contribution in [-0.4, -0.2) is 55.9 Å². The topological polar surface area (TPSA) is 86.8 Å². The van der Waals surface area contributed by atoms with Crippen molar-refractivity contribution < 1.29 is 4.79 Å². The number of thioether (sulfide) groups is 1. The van der Waals surface area contributed by atoms with Gasteiger partial charge in [0.25, 0.3) is 5.91 Å². The van der Waals surface area contributed by atoms with E-state index in [1.54, 1.807) is 6.20 Å². The van der Waals surface area contributed by atoms with Crippen LogP contribution in [0.5, 0.6) is 0 Å². The first-order chi connectivity index (χ1) is 15.6. The van der Waals surface area contributed by atoms with E-state index in [4.69, 9.17) is 0 Å². The maximum atomic E-state index is 13.1. The number of amides is 1. The molecule has 2 aliphatic heterocycles. The van der Waals surface area contributed by atoms with Gasteiger partial charge in [-0.1, -0.05) is 13.0 Å². The summed E-state index contributed by atoms with van der Waals surface area (Å²) in [6.45, 7) is 6.60. The maximum Gasteiger partial charge on any atom is 0.255 e. The van der Waals surface area contributed by atoms with Crippen LogP contribution in [-0.2, 0) is 0 Å². The minimum absolute atomic E-state index is 0.0933. The second-order valence-corrected chi connectivity index (χ2v) is 10.2. The number of hydrogen-bond donors (Lipinski definition) is 2. The fourth-order valence-electron chi connectivity index (χ4n) is 4.71. The Morgan fingerprint density at radius 3 is 2.69 bits per heavy atom. The standard InChI is InChI=1S/C24H28N6OS/c1-15-14-27-23-20(21(28-29-23)19-7-3-4-10-26-19)22(32-15)17-8-12-30(13-9-17)24(31)18-6-5-11-25-16(18)2/h3-7,10-11,15,17,22H,8-9,12-14H2,1-2H3,(H2,27,28,29). The number of carbonyl (C=O) groups excluding carboxylic acids is 1. The summed E-state index contributed by atoms with van der Waals surface area (Å²) in [5.41, 5.74) is 4.56. The fourth-order valence-corrected chi connectivity index (χ4v) is 6.25. The van der Waals surface area contributed by atoms with E-state index in [1.165, 1.54) is 5.56 Å². The van der Waals surface area contributed by atoms with Crippen LogP contribution in [0.4, 0.5) is 5.82 Å². The van der Waals surface area contributed by atoms with Crippen molar-refractivity contribution in [1.29, 1.82) is 0 Å². The molecule has 0 spiro atoms. The molecular formula is C24H28N6OS. The fraction of sp³-hybridized carbons (Fsp3) is 0.417. The van der Waals surface area contributed by atoms with Crippen molar-refractivity contribution in [3.05, 3.63) is 59.5 Å². The minimum atomic E-state index is 0.0933. The highest BCUT2D eigenvalue weighted by Crippen LogP contribution is 2.49. The number of nitrogens with one attached hydrogen (secondary N) is 2. The molecule has 7 nitrogen and oxygen atoms in total. The van der Waals surface area contributed by atoms with Crippen LogP contribution in [0.2, 0.25) is 0 Å². The SMILES string of the molecule is Cc1ncccc1C(=O)N1CCC(C2SC(C)CNc3[nH]nc(-c4ccccn4)c32)CC1.